The van der Waals surface area contributed by atoms with Crippen molar-refractivity contribution in [3.63, 3.8) is 0 Å². The van der Waals surface area contributed by atoms with Crippen molar-refractivity contribution in [1.82, 2.24) is 29.1 Å². The van der Waals surface area contributed by atoms with E-state index in [-0.39, 0.29) is 0 Å². The number of hydrogen-bond donors (Lipinski definition) is 0. The van der Waals surface area contributed by atoms with Gasteiger partial charge in [0, 0.05) is 38.2 Å². The molecule has 0 amide bonds. The van der Waals surface area contributed by atoms with Crippen molar-refractivity contribution in [3.05, 3.63) is 194 Å². The molecule has 0 radical (unpaired) electrons. The van der Waals surface area contributed by atoms with Crippen LogP contribution in [-0.2, 0) is 0 Å². The van der Waals surface area contributed by atoms with Crippen LogP contribution in [0.15, 0.2) is 199 Å². The van der Waals surface area contributed by atoms with Crippen LogP contribution < -0.4 is 0 Å². The van der Waals surface area contributed by atoms with E-state index < -0.39 is 0 Å². The molecule has 0 atom stereocenters. The van der Waals surface area contributed by atoms with Crippen LogP contribution in [0, 0.1) is 0 Å². The van der Waals surface area contributed by atoms with Crippen LogP contribution in [0.4, 0.5) is 0 Å². The van der Waals surface area contributed by atoms with Crippen molar-refractivity contribution in [3.8, 4) is 57.0 Å². The molecule has 0 aliphatic heterocycles. The van der Waals surface area contributed by atoms with E-state index in [1.165, 1.54) is 0 Å². The molecule has 0 saturated carbocycles. The summed E-state index contributed by atoms with van der Waals surface area (Å²) in [5, 5.41) is 4.30. The number of para-hydroxylation sites is 3. The standard InChI is InChI=1S/C52H32N6O/c1-4-16-33(17-5-1)36-22-14-23-37(32-36)38-26-15-27-43-48(38)59-52(53-43)58-45-29-13-11-25-40(45)42-31-30-41-39-24-10-12-28-44(39)57(46(41)47(42)58)51-55-49(34-18-6-2-7-19-34)54-50(56-51)35-20-8-3-9-21-35/h1-32H. The fourth-order valence-corrected chi connectivity index (χ4v) is 8.56. The molecule has 12 aromatic rings. The summed E-state index contributed by atoms with van der Waals surface area (Å²) in [5.41, 5.74) is 11.5. The fraction of sp³-hybridized carbons (Fsp3) is 0. The number of aromatic nitrogens is 6. The van der Waals surface area contributed by atoms with Crippen molar-refractivity contribution in [2.45, 2.75) is 0 Å². The predicted molar refractivity (Wildman–Crippen MR) is 238 cm³/mol. The Morgan fingerprint density at radius 2 is 0.864 bits per heavy atom. The second-order valence-electron chi connectivity index (χ2n) is 14.7. The van der Waals surface area contributed by atoms with Gasteiger partial charge in [-0.15, -0.1) is 0 Å². The second-order valence-corrected chi connectivity index (χ2v) is 14.7. The lowest BCUT2D eigenvalue weighted by atomic mass is 9.99. The van der Waals surface area contributed by atoms with Gasteiger partial charge in [-0.2, -0.15) is 15.0 Å². The zero-order valence-electron chi connectivity index (χ0n) is 31.6. The lowest BCUT2D eigenvalue weighted by Gasteiger charge is -2.12. The van der Waals surface area contributed by atoms with Gasteiger partial charge < -0.3 is 4.42 Å². The van der Waals surface area contributed by atoms with E-state index >= 15 is 0 Å². The first kappa shape index (κ1) is 33.0. The summed E-state index contributed by atoms with van der Waals surface area (Å²) in [5.74, 6) is 1.71. The maximum absolute atomic E-state index is 6.98. The Kier molecular flexibility index (Phi) is 7.40. The number of oxazole rings is 1. The molecular formula is C52H32N6O. The van der Waals surface area contributed by atoms with E-state index in [0.717, 1.165) is 88.1 Å². The van der Waals surface area contributed by atoms with Crippen molar-refractivity contribution < 1.29 is 4.42 Å². The first-order valence-corrected chi connectivity index (χ1v) is 19.7. The summed E-state index contributed by atoms with van der Waals surface area (Å²) in [4.78, 5) is 20.7. The third-order valence-electron chi connectivity index (χ3n) is 11.2. The van der Waals surface area contributed by atoms with Crippen LogP contribution in [0.1, 0.15) is 0 Å². The molecular weight excluding hydrogens is 725 g/mol. The number of benzene rings is 8. The lowest BCUT2D eigenvalue weighted by Crippen LogP contribution is -2.07. The number of hydrogen-bond acceptors (Lipinski definition) is 5. The highest BCUT2D eigenvalue weighted by atomic mass is 16.4. The molecule has 7 heteroatoms. The minimum Gasteiger partial charge on any atom is -0.422 e. The monoisotopic (exact) mass is 756 g/mol. The Labute approximate surface area is 338 Å². The molecule has 0 bridgehead atoms. The van der Waals surface area contributed by atoms with Crippen LogP contribution in [0.2, 0.25) is 0 Å². The van der Waals surface area contributed by atoms with Crippen molar-refractivity contribution in [1.29, 1.82) is 0 Å². The predicted octanol–water partition coefficient (Wildman–Crippen LogP) is 12.9. The van der Waals surface area contributed by atoms with Crippen molar-refractivity contribution in [2.24, 2.45) is 0 Å². The molecule has 0 aliphatic carbocycles. The molecule has 0 spiro atoms. The largest absolute Gasteiger partial charge is 0.422 e. The molecule has 0 unspecified atom stereocenters. The van der Waals surface area contributed by atoms with E-state index in [0.29, 0.717) is 23.6 Å². The van der Waals surface area contributed by atoms with E-state index in [2.05, 4.69) is 130 Å². The van der Waals surface area contributed by atoms with Crippen LogP contribution in [-0.4, -0.2) is 29.1 Å². The average molecular weight is 757 g/mol. The molecule has 4 aromatic heterocycles. The molecule has 12 rings (SSSR count). The molecule has 0 saturated heterocycles. The lowest BCUT2D eigenvalue weighted by molar-refractivity contribution is 0.575. The summed E-state index contributed by atoms with van der Waals surface area (Å²) in [6, 6.07) is 67.2. The summed E-state index contributed by atoms with van der Waals surface area (Å²) in [6.45, 7) is 0. The molecule has 4 heterocycles. The molecule has 0 N–H and O–H groups in total. The summed E-state index contributed by atoms with van der Waals surface area (Å²) >= 11 is 0. The molecule has 7 nitrogen and oxygen atoms in total. The second kappa shape index (κ2) is 13.2. The number of rotatable bonds is 6. The molecule has 8 aromatic carbocycles. The van der Waals surface area contributed by atoms with Crippen molar-refractivity contribution >= 4 is 54.7 Å². The smallest absolute Gasteiger partial charge is 0.307 e. The van der Waals surface area contributed by atoms with Crippen LogP contribution in [0.3, 0.4) is 0 Å². The molecule has 0 aliphatic rings. The zero-order chi connectivity index (χ0) is 38.9. The van der Waals surface area contributed by atoms with Gasteiger partial charge in [-0.05, 0) is 41.0 Å². The maximum Gasteiger partial charge on any atom is 0.307 e. The maximum atomic E-state index is 6.98. The summed E-state index contributed by atoms with van der Waals surface area (Å²) in [6.07, 6.45) is 0. The van der Waals surface area contributed by atoms with Gasteiger partial charge in [0.25, 0.3) is 0 Å². The third kappa shape index (κ3) is 5.29. The molecule has 59 heavy (non-hydrogen) atoms. The highest BCUT2D eigenvalue weighted by Crippen LogP contribution is 2.42. The van der Waals surface area contributed by atoms with Crippen LogP contribution in [0.25, 0.3) is 112 Å². The SMILES string of the molecule is c1ccc(-c2cccc(-c3cccc4nc(-n5c6ccccc6c6ccc7c8ccccc8n(-c8nc(-c9ccccc9)nc(-c9ccccc9)n8)c7c65)oc34)c2)cc1. The van der Waals surface area contributed by atoms with Gasteiger partial charge in [-0.3, -0.25) is 9.13 Å². The topological polar surface area (TPSA) is 74.6 Å². The van der Waals surface area contributed by atoms with E-state index in [9.17, 15) is 0 Å². The van der Waals surface area contributed by atoms with Gasteiger partial charge in [0.15, 0.2) is 17.2 Å². The van der Waals surface area contributed by atoms with Crippen molar-refractivity contribution in [2.75, 3.05) is 0 Å². The summed E-state index contributed by atoms with van der Waals surface area (Å²) in [7, 11) is 0. The van der Waals surface area contributed by atoms with Gasteiger partial charge >= 0.3 is 6.01 Å². The number of fused-ring (bicyclic) bond motifs is 8. The molecule has 0 fully saturated rings. The van der Waals surface area contributed by atoms with E-state index in [4.69, 9.17) is 24.4 Å². The average Bonchev–Trinajstić information content (AvgIpc) is 4.00. The van der Waals surface area contributed by atoms with E-state index in [1.54, 1.807) is 0 Å². The van der Waals surface area contributed by atoms with Crippen LogP contribution >= 0.6 is 0 Å². The van der Waals surface area contributed by atoms with Gasteiger partial charge in [0.1, 0.15) is 5.52 Å². The Morgan fingerprint density at radius 1 is 0.356 bits per heavy atom. The zero-order valence-corrected chi connectivity index (χ0v) is 31.6. The van der Waals surface area contributed by atoms with Gasteiger partial charge in [0.05, 0.1) is 22.1 Å². The van der Waals surface area contributed by atoms with Gasteiger partial charge in [0.2, 0.25) is 5.95 Å². The number of nitrogens with zero attached hydrogens (tertiary/aromatic N) is 6. The Bertz CT molecular complexity index is 3490. The van der Waals surface area contributed by atoms with Gasteiger partial charge in [-0.1, -0.05) is 170 Å². The molecule has 276 valence electrons. The van der Waals surface area contributed by atoms with E-state index in [1.807, 2.05) is 72.8 Å². The Morgan fingerprint density at radius 3 is 1.51 bits per heavy atom. The minimum atomic E-state index is 0.479. The minimum absolute atomic E-state index is 0.479. The third-order valence-corrected chi connectivity index (χ3v) is 11.2. The quantitative estimate of drug-likeness (QED) is 0.169. The Hall–Kier alpha value is -8.16. The summed E-state index contributed by atoms with van der Waals surface area (Å²) < 4.78 is 11.3. The first-order chi connectivity index (χ1) is 29.3. The normalized spacial score (nSPS) is 11.7. The van der Waals surface area contributed by atoms with Crippen LogP contribution in [0.5, 0.6) is 0 Å². The fourth-order valence-electron chi connectivity index (χ4n) is 8.56. The Balaban J connectivity index is 1.16. The highest BCUT2D eigenvalue weighted by Gasteiger charge is 2.25. The highest BCUT2D eigenvalue weighted by molar-refractivity contribution is 6.23. The van der Waals surface area contributed by atoms with Gasteiger partial charge in [-0.25, -0.2) is 4.98 Å². The first-order valence-electron chi connectivity index (χ1n) is 19.7.